The van der Waals surface area contributed by atoms with Crippen LogP contribution in [-0.4, -0.2) is 14.7 Å². The van der Waals surface area contributed by atoms with E-state index in [4.69, 9.17) is 5.84 Å². The predicted molar refractivity (Wildman–Crippen MR) is 230 cm³/mol. The Morgan fingerprint density at radius 3 is 1.59 bits per heavy atom. The fourth-order valence-electron chi connectivity index (χ4n) is 9.13. The highest BCUT2D eigenvalue weighted by molar-refractivity contribution is 6.18. The van der Waals surface area contributed by atoms with Gasteiger partial charge in [0, 0.05) is 29.5 Å². The van der Waals surface area contributed by atoms with Gasteiger partial charge in [-0.15, -0.1) is 0 Å². The largest absolute Gasteiger partial charge is 0.309 e. The molecule has 0 bridgehead atoms. The molecule has 0 radical (unpaired) electrons. The summed E-state index contributed by atoms with van der Waals surface area (Å²) in [4.78, 5) is 0. The number of hydrazine groups is 2. The van der Waals surface area contributed by atoms with Crippen LogP contribution in [0.4, 0.5) is 0 Å². The van der Waals surface area contributed by atoms with Gasteiger partial charge in [0.1, 0.15) is 0 Å². The summed E-state index contributed by atoms with van der Waals surface area (Å²) in [6, 6.07) is 74.7. The molecule has 0 saturated heterocycles. The average molecular weight is 723 g/mol. The topological polar surface area (TPSA) is 37.4 Å². The maximum Gasteiger partial charge on any atom is 0.0713 e. The van der Waals surface area contributed by atoms with Gasteiger partial charge in [-0.2, -0.15) is 5.12 Å². The van der Waals surface area contributed by atoms with Crippen molar-refractivity contribution in [1.29, 1.82) is 0 Å². The molecule has 270 valence electrons. The molecule has 0 saturated carbocycles. The second-order valence-electron chi connectivity index (χ2n) is 14.8. The number of benzene rings is 8. The maximum absolute atomic E-state index is 6.80. The number of rotatable bonds is 10. The van der Waals surface area contributed by atoms with Crippen molar-refractivity contribution in [1.82, 2.24) is 14.7 Å². The average Bonchev–Trinajstić information content (AvgIpc) is 3.76. The van der Waals surface area contributed by atoms with Crippen LogP contribution in [0, 0.1) is 0 Å². The van der Waals surface area contributed by atoms with E-state index in [1.54, 1.807) is 0 Å². The van der Waals surface area contributed by atoms with Crippen molar-refractivity contribution in [3.05, 3.63) is 245 Å². The van der Waals surface area contributed by atoms with Gasteiger partial charge in [-0.1, -0.05) is 182 Å². The molecule has 1 aromatic heterocycles. The lowest BCUT2D eigenvalue weighted by atomic mass is 9.67. The summed E-state index contributed by atoms with van der Waals surface area (Å²) in [5.74, 6) is 6.80. The standard InChI is InChI=1S/C52H42N4/c53-55(37-39-19-7-2-8-20-39)54(35-38-17-5-1-6-18-38)36-40-29-31-43(32-30-40)56-48-28-16-14-26-45(48)51-49(56)34-33-47-50(51)44-25-13-15-27-46(44)52(47,41-21-9-3-10-22-41)42-23-11-4-12-24-42/h1-34H,35-37,53H2. The number of nitrogens with zero attached hydrogens (tertiary/aromatic N) is 3. The second kappa shape index (κ2) is 14.3. The molecule has 1 heterocycles. The van der Waals surface area contributed by atoms with Crippen LogP contribution in [0.5, 0.6) is 0 Å². The van der Waals surface area contributed by atoms with Gasteiger partial charge >= 0.3 is 0 Å². The normalized spacial score (nSPS) is 13.1. The Morgan fingerprint density at radius 2 is 0.946 bits per heavy atom. The van der Waals surface area contributed by atoms with E-state index in [0.29, 0.717) is 19.6 Å². The summed E-state index contributed by atoms with van der Waals surface area (Å²) in [6.07, 6.45) is 0. The van der Waals surface area contributed by atoms with Crippen LogP contribution >= 0.6 is 0 Å². The summed E-state index contributed by atoms with van der Waals surface area (Å²) in [6.45, 7) is 2.01. The molecule has 0 fully saturated rings. The van der Waals surface area contributed by atoms with Crippen LogP contribution in [0.3, 0.4) is 0 Å². The second-order valence-corrected chi connectivity index (χ2v) is 14.8. The lowest BCUT2D eigenvalue weighted by Crippen LogP contribution is -2.46. The quantitative estimate of drug-likeness (QED) is 0.113. The Labute approximate surface area is 328 Å². The molecule has 56 heavy (non-hydrogen) atoms. The lowest BCUT2D eigenvalue weighted by molar-refractivity contribution is -0.0511. The molecule has 10 rings (SSSR count). The van der Waals surface area contributed by atoms with Gasteiger partial charge in [-0.05, 0) is 74.3 Å². The molecular formula is C52H42N4. The summed E-state index contributed by atoms with van der Waals surface area (Å²) in [5, 5.41) is 6.62. The molecule has 2 N–H and O–H groups in total. The van der Waals surface area contributed by atoms with Gasteiger partial charge in [0.2, 0.25) is 0 Å². The zero-order chi connectivity index (χ0) is 37.5. The van der Waals surface area contributed by atoms with Crippen molar-refractivity contribution in [2.75, 3.05) is 0 Å². The third-order valence-electron chi connectivity index (χ3n) is 11.6. The van der Waals surface area contributed by atoms with Gasteiger partial charge in [-0.3, -0.25) is 5.84 Å². The minimum Gasteiger partial charge on any atom is -0.309 e. The number of aromatic nitrogens is 1. The molecule has 1 aliphatic carbocycles. The highest BCUT2D eigenvalue weighted by Crippen LogP contribution is 2.58. The molecule has 0 spiro atoms. The zero-order valence-corrected chi connectivity index (χ0v) is 31.2. The van der Waals surface area contributed by atoms with Gasteiger partial charge < -0.3 is 4.57 Å². The SMILES string of the molecule is NN(Cc1ccccc1)N(Cc1ccccc1)Cc1ccc(-n2c3ccccc3c3c4c(ccc32)C(c2ccccc2)(c2ccccc2)c2ccccc2-4)cc1. The van der Waals surface area contributed by atoms with E-state index in [1.165, 1.54) is 71.9 Å². The minimum atomic E-state index is -0.448. The van der Waals surface area contributed by atoms with Crippen molar-refractivity contribution in [3.8, 4) is 16.8 Å². The van der Waals surface area contributed by atoms with Gasteiger partial charge in [0.15, 0.2) is 0 Å². The van der Waals surface area contributed by atoms with Crippen molar-refractivity contribution in [2.45, 2.75) is 25.0 Å². The molecule has 0 aliphatic heterocycles. The van der Waals surface area contributed by atoms with Crippen molar-refractivity contribution in [2.24, 2.45) is 5.84 Å². The molecule has 4 nitrogen and oxygen atoms in total. The lowest BCUT2D eigenvalue weighted by Gasteiger charge is -2.33. The fraction of sp³-hybridized carbons (Fsp3) is 0.0769. The summed E-state index contributed by atoms with van der Waals surface area (Å²) in [5.41, 5.74) is 14.5. The molecule has 0 atom stereocenters. The first-order chi connectivity index (χ1) is 27.7. The van der Waals surface area contributed by atoms with E-state index in [9.17, 15) is 0 Å². The number of fused-ring (bicyclic) bond motifs is 7. The Morgan fingerprint density at radius 1 is 0.429 bits per heavy atom. The van der Waals surface area contributed by atoms with Crippen LogP contribution < -0.4 is 5.84 Å². The van der Waals surface area contributed by atoms with Crippen molar-refractivity contribution >= 4 is 21.8 Å². The third-order valence-corrected chi connectivity index (χ3v) is 11.6. The number of hydrogen-bond acceptors (Lipinski definition) is 3. The Kier molecular flexibility index (Phi) is 8.65. The molecule has 4 heteroatoms. The number of para-hydroxylation sites is 1. The summed E-state index contributed by atoms with van der Waals surface area (Å²) in [7, 11) is 0. The predicted octanol–water partition coefficient (Wildman–Crippen LogP) is 11.4. The molecule has 9 aromatic rings. The van der Waals surface area contributed by atoms with E-state index >= 15 is 0 Å². The van der Waals surface area contributed by atoms with E-state index in [2.05, 4.69) is 210 Å². The Hall–Kier alpha value is -6.56. The van der Waals surface area contributed by atoms with E-state index < -0.39 is 5.41 Å². The third kappa shape index (κ3) is 5.66. The highest BCUT2D eigenvalue weighted by Gasteiger charge is 2.47. The zero-order valence-electron chi connectivity index (χ0n) is 31.2. The first-order valence-corrected chi connectivity index (χ1v) is 19.4. The minimum absolute atomic E-state index is 0.448. The molecule has 8 aromatic carbocycles. The van der Waals surface area contributed by atoms with Crippen LogP contribution in [0.2, 0.25) is 0 Å². The first kappa shape index (κ1) is 34.0. The number of hydrogen-bond donors (Lipinski definition) is 1. The maximum atomic E-state index is 6.80. The Bertz CT molecular complexity index is 2740. The van der Waals surface area contributed by atoms with Crippen molar-refractivity contribution < 1.29 is 0 Å². The highest BCUT2D eigenvalue weighted by atomic mass is 15.7. The van der Waals surface area contributed by atoms with E-state index in [1.807, 2.05) is 11.2 Å². The fourth-order valence-corrected chi connectivity index (χ4v) is 9.13. The van der Waals surface area contributed by atoms with Gasteiger partial charge in [-0.25, -0.2) is 5.01 Å². The summed E-state index contributed by atoms with van der Waals surface area (Å²) < 4.78 is 2.44. The van der Waals surface area contributed by atoms with E-state index in [-0.39, 0.29) is 0 Å². The van der Waals surface area contributed by atoms with Crippen LogP contribution in [0.15, 0.2) is 206 Å². The first-order valence-electron chi connectivity index (χ1n) is 19.4. The Balaban J connectivity index is 1.09. The molecule has 0 unspecified atom stereocenters. The van der Waals surface area contributed by atoms with E-state index in [0.717, 1.165) is 5.69 Å². The van der Waals surface area contributed by atoms with Crippen molar-refractivity contribution in [3.63, 3.8) is 0 Å². The number of nitrogens with two attached hydrogens (primary N) is 1. The van der Waals surface area contributed by atoms with Gasteiger partial charge in [0.05, 0.1) is 23.0 Å². The monoisotopic (exact) mass is 722 g/mol. The van der Waals surface area contributed by atoms with Gasteiger partial charge in [0.25, 0.3) is 0 Å². The molecule has 0 amide bonds. The molecular weight excluding hydrogens is 681 g/mol. The van der Waals surface area contributed by atoms with Crippen LogP contribution in [0.25, 0.3) is 38.6 Å². The summed E-state index contributed by atoms with van der Waals surface area (Å²) >= 11 is 0. The smallest absolute Gasteiger partial charge is 0.0713 e. The molecule has 1 aliphatic rings. The van der Waals surface area contributed by atoms with Crippen LogP contribution in [0.1, 0.15) is 38.9 Å². The van der Waals surface area contributed by atoms with Crippen LogP contribution in [-0.2, 0) is 25.0 Å².